The van der Waals surface area contributed by atoms with Crippen molar-refractivity contribution in [3.63, 3.8) is 0 Å². The van der Waals surface area contributed by atoms with Crippen LogP contribution >= 0.6 is 0 Å². The van der Waals surface area contributed by atoms with E-state index in [1.54, 1.807) is 0 Å². The van der Waals surface area contributed by atoms with Crippen LogP contribution in [-0.2, 0) is 0 Å². The van der Waals surface area contributed by atoms with Crippen LogP contribution in [0.5, 0.6) is 0 Å². The van der Waals surface area contributed by atoms with Gasteiger partial charge in [-0.15, -0.1) is 0 Å². The van der Waals surface area contributed by atoms with Crippen LogP contribution in [0.2, 0.25) is 0 Å². The first-order valence-electron chi connectivity index (χ1n) is 9.68. The summed E-state index contributed by atoms with van der Waals surface area (Å²) < 4.78 is 1.88. The summed E-state index contributed by atoms with van der Waals surface area (Å²) in [6.45, 7) is 0. The second kappa shape index (κ2) is 7.38. The van der Waals surface area contributed by atoms with Crippen LogP contribution in [0.25, 0.3) is 27.9 Å². The molecule has 0 amide bonds. The van der Waals surface area contributed by atoms with Crippen molar-refractivity contribution in [3.8, 4) is 22.4 Å². The van der Waals surface area contributed by atoms with Gasteiger partial charge in [0.1, 0.15) is 6.10 Å². The highest BCUT2D eigenvalue weighted by atomic mass is 16.3. The van der Waals surface area contributed by atoms with E-state index in [2.05, 4.69) is 18.2 Å². The molecule has 3 nitrogen and oxygen atoms in total. The van der Waals surface area contributed by atoms with Crippen molar-refractivity contribution >= 4 is 5.52 Å². The number of benzene rings is 3. The van der Waals surface area contributed by atoms with E-state index in [4.69, 9.17) is 5.10 Å². The van der Waals surface area contributed by atoms with E-state index in [0.29, 0.717) is 0 Å². The molecule has 0 fully saturated rings. The molecule has 5 aromatic rings. The van der Waals surface area contributed by atoms with Crippen molar-refractivity contribution < 1.29 is 5.11 Å². The SMILES string of the molecule is OC(c1ccccc1)c1c(-c2ccccc2)nn2cccc(-c3ccccc3)c12. The van der Waals surface area contributed by atoms with Crippen LogP contribution < -0.4 is 0 Å². The fourth-order valence-corrected chi connectivity index (χ4v) is 3.84. The summed E-state index contributed by atoms with van der Waals surface area (Å²) in [5, 5.41) is 16.3. The predicted molar refractivity (Wildman–Crippen MR) is 117 cm³/mol. The van der Waals surface area contributed by atoms with Crippen molar-refractivity contribution in [1.82, 2.24) is 9.61 Å². The van der Waals surface area contributed by atoms with E-state index in [9.17, 15) is 5.11 Å². The lowest BCUT2D eigenvalue weighted by Gasteiger charge is -2.14. The first-order chi connectivity index (χ1) is 14.3. The standard InChI is InChI=1S/C26H20N2O/c29-26(21-15-8-3-9-16-21)23-24(20-13-6-2-7-14-20)27-28-18-10-17-22(25(23)28)19-11-4-1-5-12-19/h1-18,26,29H. The minimum Gasteiger partial charge on any atom is -0.383 e. The molecule has 0 spiro atoms. The third-order valence-electron chi connectivity index (χ3n) is 5.21. The number of pyridine rings is 1. The average Bonchev–Trinajstić information content (AvgIpc) is 3.20. The maximum atomic E-state index is 11.4. The molecule has 0 saturated carbocycles. The summed E-state index contributed by atoms with van der Waals surface area (Å²) in [7, 11) is 0. The van der Waals surface area contributed by atoms with Crippen LogP contribution in [0, 0.1) is 0 Å². The molecule has 0 aliphatic rings. The number of aliphatic hydroxyl groups is 1. The van der Waals surface area contributed by atoms with Crippen molar-refractivity contribution in [2.24, 2.45) is 0 Å². The van der Waals surface area contributed by atoms with Gasteiger partial charge in [0, 0.05) is 22.9 Å². The molecule has 3 heteroatoms. The Morgan fingerprint density at radius 2 is 1.24 bits per heavy atom. The van der Waals surface area contributed by atoms with Crippen molar-refractivity contribution in [3.05, 3.63) is 120 Å². The number of aliphatic hydroxyl groups excluding tert-OH is 1. The average molecular weight is 376 g/mol. The third-order valence-corrected chi connectivity index (χ3v) is 5.21. The molecule has 2 heterocycles. The van der Waals surface area contributed by atoms with E-state index in [0.717, 1.165) is 39.0 Å². The zero-order valence-corrected chi connectivity index (χ0v) is 15.8. The third kappa shape index (κ3) is 3.12. The monoisotopic (exact) mass is 376 g/mol. The fourth-order valence-electron chi connectivity index (χ4n) is 3.84. The zero-order chi connectivity index (χ0) is 19.6. The Kier molecular flexibility index (Phi) is 4.43. The van der Waals surface area contributed by atoms with Gasteiger partial charge in [0.2, 0.25) is 0 Å². The summed E-state index contributed by atoms with van der Waals surface area (Å²) >= 11 is 0. The van der Waals surface area contributed by atoms with Crippen LogP contribution in [-0.4, -0.2) is 14.7 Å². The van der Waals surface area contributed by atoms with Gasteiger partial charge in [-0.1, -0.05) is 97.1 Å². The molecule has 1 unspecified atom stereocenters. The van der Waals surface area contributed by atoms with E-state index in [1.807, 2.05) is 95.6 Å². The molecule has 1 N–H and O–H groups in total. The van der Waals surface area contributed by atoms with Crippen LogP contribution in [0.3, 0.4) is 0 Å². The molecule has 0 radical (unpaired) electrons. The molecule has 0 aliphatic heterocycles. The number of fused-ring (bicyclic) bond motifs is 1. The summed E-state index contributed by atoms with van der Waals surface area (Å²) in [5.74, 6) is 0. The van der Waals surface area contributed by atoms with Gasteiger partial charge in [-0.2, -0.15) is 5.10 Å². The first kappa shape index (κ1) is 17.4. The number of rotatable bonds is 4. The van der Waals surface area contributed by atoms with Gasteiger partial charge in [-0.3, -0.25) is 0 Å². The fraction of sp³-hybridized carbons (Fsp3) is 0.0385. The largest absolute Gasteiger partial charge is 0.383 e. The smallest absolute Gasteiger partial charge is 0.108 e. The maximum absolute atomic E-state index is 11.4. The van der Waals surface area contributed by atoms with Gasteiger partial charge in [-0.25, -0.2) is 4.52 Å². The topological polar surface area (TPSA) is 37.5 Å². The molecule has 0 bridgehead atoms. The Labute approximate surface area is 169 Å². The highest BCUT2D eigenvalue weighted by Crippen LogP contribution is 2.38. The van der Waals surface area contributed by atoms with Crippen LogP contribution in [0.15, 0.2) is 109 Å². The van der Waals surface area contributed by atoms with Gasteiger partial charge in [0.15, 0.2) is 0 Å². The van der Waals surface area contributed by atoms with Gasteiger partial charge in [-0.05, 0) is 17.2 Å². The van der Waals surface area contributed by atoms with Crippen LogP contribution in [0.1, 0.15) is 17.2 Å². The lowest BCUT2D eigenvalue weighted by Crippen LogP contribution is -2.01. The minimum absolute atomic E-state index is 0.784. The molecular formula is C26H20N2O. The molecule has 5 rings (SSSR count). The Morgan fingerprint density at radius 1 is 0.655 bits per heavy atom. The Bertz CT molecular complexity index is 1250. The second-order valence-corrected chi connectivity index (χ2v) is 7.02. The molecule has 0 saturated heterocycles. The predicted octanol–water partition coefficient (Wildman–Crippen LogP) is 5.75. The van der Waals surface area contributed by atoms with Gasteiger partial charge >= 0.3 is 0 Å². The quantitative estimate of drug-likeness (QED) is 0.434. The highest BCUT2D eigenvalue weighted by molar-refractivity contribution is 5.87. The number of aromatic nitrogens is 2. The Morgan fingerprint density at radius 3 is 1.90 bits per heavy atom. The number of hydrogen-bond acceptors (Lipinski definition) is 2. The van der Waals surface area contributed by atoms with Gasteiger partial charge in [0.05, 0.1) is 11.2 Å². The first-order valence-corrected chi connectivity index (χ1v) is 9.68. The van der Waals surface area contributed by atoms with E-state index in [-0.39, 0.29) is 0 Å². The molecule has 140 valence electrons. The summed E-state index contributed by atoms with van der Waals surface area (Å²) in [6.07, 6.45) is 1.16. The number of nitrogens with zero attached hydrogens (tertiary/aromatic N) is 2. The summed E-state index contributed by atoms with van der Waals surface area (Å²) in [4.78, 5) is 0. The Hall–Kier alpha value is -3.69. The Balaban J connectivity index is 1.84. The number of hydrogen-bond donors (Lipinski definition) is 1. The van der Waals surface area contributed by atoms with Crippen LogP contribution in [0.4, 0.5) is 0 Å². The van der Waals surface area contributed by atoms with Crippen molar-refractivity contribution in [2.75, 3.05) is 0 Å². The van der Waals surface area contributed by atoms with Crippen molar-refractivity contribution in [2.45, 2.75) is 6.10 Å². The lowest BCUT2D eigenvalue weighted by atomic mass is 9.94. The second-order valence-electron chi connectivity index (χ2n) is 7.02. The minimum atomic E-state index is -0.784. The molecular weight excluding hydrogens is 356 g/mol. The van der Waals surface area contributed by atoms with Gasteiger partial charge < -0.3 is 5.11 Å². The lowest BCUT2D eigenvalue weighted by molar-refractivity contribution is 0.222. The normalized spacial score (nSPS) is 12.2. The molecule has 2 aromatic heterocycles. The zero-order valence-electron chi connectivity index (χ0n) is 15.8. The molecule has 0 aliphatic carbocycles. The van der Waals surface area contributed by atoms with E-state index in [1.165, 1.54) is 0 Å². The summed E-state index contributed by atoms with van der Waals surface area (Å²) in [5.41, 5.74) is 6.52. The van der Waals surface area contributed by atoms with E-state index >= 15 is 0 Å². The van der Waals surface area contributed by atoms with Crippen molar-refractivity contribution in [1.29, 1.82) is 0 Å². The molecule has 3 aromatic carbocycles. The molecule has 29 heavy (non-hydrogen) atoms. The van der Waals surface area contributed by atoms with E-state index < -0.39 is 6.10 Å². The summed E-state index contributed by atoms with van der Waals surface area (Å²) in [6, 6.07) is 34.1. The van der Waals surface area contributed by atoms with Gasteiger partial charge in [0.25, 0.3) is 0 Å². The maximum Gasteiger partial charge on any atom is 0.108 e. The molecule has 1 atom stereocenters. The highest BCUT2D eigenvalue weighted by Gasteiger charge is 2.24.